The third-order valence-electron chi connectivity index (χ3n) is 3.65. The quantitative estimate of drug-likeness (QED) is 0.919. The number of aliphatic carboxylic acids is 1. The van der Waals surface area contributed by atoms with Gasteiger partial charge in [0.15, 0.2) is 0 Å². The zero-order valence-electron chi connectivity index (χ0n) is 11.7. The standard InChI is InChI=1S/C15H20N2O3/c1-2-16(12-7-4-3-5-8-12)15(20)17-10-6-9-13(17)11-14(18)19/h3-5,7-8,13H,2,6,9-11H2,1H3,(H,18,19). The molecule has 1 heterocycles. The first-order valence-corrected chi connectivity index (χ1v) is 6.98. The van der Waals surface area contributed by atoms with Gasteiger partial charge < -0.3 is 10.0 Å². The van der Waals surface area contributed by atoms with E-state index in [1.54, 1.807) is 9.80 Å². The molecule has 2 rings (SSSR count). The normalized spacial score (nSPS) is 18.1. The van der Waals surface area contributed by atoms with Crippen LogP contribution < -0.4 is 4.90 Å². The van der Waals surface area contributed by atoms with E-state index < -0.39 is 5.97 Å². The number of carboxylic acid groups (broad SMARTS) is 1. The number of para-hydroxylation sites is 1. The molecule has 0 radical (unpaired) electrons. The van der Waals surface area contributed by atoms with Gasteiger partial charge in [0.05, 0.1) is 6.42 Å². The molecule has 0 spiro atoms. The molecule has 1 aliphatic heterocycles. The Morgan fingerprint density at radius 1 is 1.35 bits per heavy atom. The predicted octanol–water partition coefficient (Wildman–Crippen LogP) is 2.57. The molecule has 1 fully saturated rings. The highest BCUT2D eigenvalue weighted by Gasteiger charge is 2.33. The van der Waals surface area contributed by atoms with E-state index in [0.29, 0.717) is 13.1 Å². The van der Waals surface area contributed by atoms with Gasteiger partial charge in [0.25, 0.3) is 0 Å². The highest BCUT2D eigenvalue weighted by atomic mass is 16.4. The van der Waals surface area contributed by atoms with Crippen molar-refractivity contribution in [2.45, 2.75) is 32.2 Å². The Hall–Kier alpha value is -2.04. The maximum atomic E-state index is 12.6. The minimum atomic E-state index is -0.850. The fourth-order valence-corrected chi connectivity index (χ4v) is 2.69. The molecule has 1 aromatic rings. The number of benzene rings is 1. The van der Waals surface area contributed by atoms with Crippen LogP contribution in [0.4, 0.5) is 10.5 Å². The number of rotatable bonds is 4. The molecule has 108 valence electrons. The van der Waals surface area contributed by atoms with E-state index >= 15 is 0 Å². The molecule has 20 heavy (non-hydrogen) atoms. The van der Waals surface area contributed by atoms with Gasteiger partial charge in [0, 0.05) is 24.8 Å². The summed E-state index contributed by atoms with van der Waals surface area (Å²) in [6, 6.07) is 9.20. The van der Waals surface area contributed by atoms with Crippen LogP contribution in [0.2, 0.25) is 0 Å². The highest BCUT2D eigenvalue weighted by Crippen LogP contribution is 2.24. The number of amides is 2. The molecule has 1 N–H and O–H groups in total. The third kappa shape index (κ3) is 3.10. The molecule has 5 nitrogen and oxygen atoms in total. The van der Waals surface area contributed by atoms with Gasteiger partial charge in [-0.15, -0.1) is 0 Å². The van der Waals surface area contributed by atoms with Crippen LogP contribution in [0.15, 0.2) is 30.3 Å². The summed E-state index contributed by atoms with van der Waals surface area (Å²) in [7, 11) is 0. The Bertz CT molecular complexity index is 475. The van der Waals surface area contributed by atoms with Crippen LogP contribution in [0, 0.1) is 0 Å². The fraction of sp³-hybridized carbons (Fsp3) is 0.467. The molecule has 0 aliphatic carbocycles. The van der Waals surface area contributed by atoms with Gasteiger partial charge in [-0.25, -0.2) is 4.79 Å². The SMILES string of the molecule is CCN(C(=O)N1CCCC1CC(=O)O)c1ccccc1. The minimum absolute atomic E-state index is 0.0259. The van der Waals surface area contributed by atoms with Gasteiger partial charge in [-0.3, -0.25) is 9.69 Å². The molecule has 1 saturated heterocycles. The number of urea groups is 1. The summed E-state index contributed by atoms with van der Waals surface area (Å²) in [6.45, 7) is 3.13. The van der Waals surface area contributed by atoms with Crippen molar-refractivity contribution < 1.29 is 14.7 Å². The lowest BCUT2D eigenvalue weighted by Crippen LogP contribution is -2.46. The molecule has 1 atom stereocenters. The largest absolute Gasteiger partial charge is 0.481 e. The second-order valence-electron chi connectivity index (χ2n) is 4.95. The lowest BCUT2D eigenvalue weighted by Gasteiger charge is -2.30. The van der Waals surface area contributed by atoms with Crippen molar-refractivity contribution in [1.29, 1.82) is 0 Å². The number of likely N-dealkylation sites (tertiary alicyclic amines) is 1. The number of anilines is 1. The zero-order valence-corrected chi connectivity index (χ0v) is 11.7. The summed E-state index contributed by atoms with van der Waals surface area (Å²) in [5.41, 5.74) is 0.848. The second-order valence-corrected chi connectivity index (χ2v) is 4.95. The minimum Gasteiger partial charge on any atom is -0.481 e. The molecular weight excluding hydrogens is 256 g/mol. The maximum absolute atomic E-state index is 12.6. The fourth-order valence-electron chi connectivity index (χ4n) is 2.69. The first kappa shape index (κ1) is 14.4. The van der Waals surface area contributed by atoms with E-state index in [-0.39, 0.29) is 18.5 Å². The van der Waals surface area contributed by atoms with Crippen LogP contribution in [-0.2, 0) is 4.79 Å². The van der Waals surface area contributed by atoms with Gasteiger partial charge in [0.2, 0.25) is 0 Å². The van der Waals surface area contributed by atoms with Crippen LogP contribution >= 0.6 is 0 Å². The highest BCUT2D eigenvalue weighted by molar-refractivity contribution is 5.92. The van der Waals surface area contributed by atoms with Crippen molar-refractivity contribution in [1.82, 2.24) is 4.90 Å². The molecule has 2 amide bonds. The third-order valence-corrected chi connectivity index (χ3v) is 3.65. The molecule has 1 unspecified atom stereocenters. The molecule has 0 aromatic heterocycles. The van der Waals surface area contributed by atoms with Crippen molar-refractivity contribution in [3.05, 3.63) is 30.3 Å². The second kappa shape index (κ2) is 6.41. The lowest BCUT2D eigenvalue weighted by molar-refractivity contribution is -0.137. The van der Waals surface area contributed by atoms with E-state index in [2.05, 4.69) is 0 Å². The van der Waals surface area contributed by atoms with E-state index in [9.17, 15) is 9.59 Å². The monoisotopic (exact) mass is 276 g/mol. The molecule has 0 saturated carbocycles. The number of nitrogens with zero attached hydrogens (tertiary/aromatic N) is 2. The average Bonchev–Trinajstić information content (AvgIpc) is 2.88. The Balaban J connectivity index is 2.14. The number of carboxylic acids is 1. The number of carbonyl (C=O) groups is 2. The van der Waals surface area contributed by atoms with Gasteiger partial charge in [-0.05, 0) is 31.9 Å². The molecule has 1 aliphatic rings. The van der Waals surface area contributed by atoms with Crippen LogP contribution in [0.3, 0.4) is 0 Å². The average molecular weight is 276 g/mol. The summed E-state index contributed by atoms with van der Waals surface area (Å²) in [5.74, 6) is -0.850. The summed E-state index contributed by atoms with van der Waals surface area (Å²) < 4.78 is 0. The number of carbonyl (C=O) groups excluding carboxylic acids is 1. The van der Waals surface area contributed by atoms with Crippen LogP contribution in [0.25, 0.3) is 0 Å². The Kier molecular flexibility index (Phi) is 4.61. The Labute approximate surface area is 118 Å². The van der Waals surface area contributed by atoms with Gasteiger partial charge in [-0.1, -0.05) is 18.2 Å². The van der Waals surface area contributed by atoms with Crippen molar-refractivity contribution in [3.63, 3.8) is 0 Å². The summed E-state index contributed by atoms with van der Waals surface area (Å²) in [4.78, 5) is 26.9. The molecule has 1 aromatic carbocycles. The lowest BCUT2D eigenvalue weighted by atomic mass is 10.1. The van der Waals surface area contributed by atoms with Crippen LogP contribution in [-0.4, -0.2) is 41.1 Å². The first-order valence-electron chi connectivity index (χ1n) is 6.98. The van der Waals surface area contributed by atoms with E-state index in [1.807, 2.05) is 37.3 Å². The summed E-state index contributed by atoms with van der Waals surface area (Å²) >= 11 is 0. The Morgan fingerprint density at radius 3 is 2.65 bits per heavy atom. The van der Waals surface area contributed by atoms with E-state index in [4.69, 9.17) is 5.11 Å². The summed E-state index contributed by atoms with van der Waals surface area (Å²) in [5, 5.41) is 8.93. The van der Waals surface area contributed by atoms with Gasteiger partial charge >= 0.3 is 12.0 Å². The van der Waals surface area contributed by atoms with Crippen molar-refractivity contribution in [2.75, 3.05) is 18.0 Å². The van der Waals surface area contributed by atoms with Crippen molar-refractivity contribution >= 4 is 17.7 Å². The van der Waals surface area contributed by atoms with E-state index in [1.165, 1.54) is 0 Å². The smallest absolute Gasteiger partial charge is 0.324 e. The van der Waals surface area contributed by atoms with Crippen molar-refractivity contribution in [3.8, 4) is 0 Å². The number of hydrogen-bond acceptors (Lipinski definition) is 2. The predicted molar refractivity (Wildman–Crippen MR) is 76.8 cm³/mol. The molecular formula is C15H20N2O3. The molecule has 5 heteroatoms. The van der Waals surface area contributed by atoms with Crippen LogP contribution in [0.5, 0.6) is 0 Å². The Morgan fingerprint density at radius 2 is 2.05 bits per heavy atom. The van der Waals surface area contributed by atoms with Crippen molar-refractivity contribution in [2.24, 2.45) is 0 Å². The van der Waals surface area contributed by atoms with Gasteiger partial charge in [0.1, 0.15) is 0 Å². The molecule has 0 bridgehead atoms. The topological polar surface area (TPSA) is 60.9 Å². The summed E-state index contributed by atoms with van der Waals surface area (Å²) in [6.07, 6.45) is 1.67. The van der Waals surface area contributed by atoms with E-state index in [0.717, 1.165) is 18.5 Å². The van der Waals surface area contributed by atoms with Crippen LogP contribution in [0.1, 0.15) is 26.2 Å². The number of hydrogen-bond donors (Lipinski definition) is 1. The van der Waals surface area contributed by atoms with Gasteiger partial charge in [-0.2, -0.15) is 0 Å². The zero-order chi connectivity index (χ0) is 14.5. The first-order chi connectivity index (χ1) is 9.63. The maximum Gasteiger partial charge on any atom is 0.324 e.